The number of piperidine rings is 1. The minimum absolute atomic E-state index is 0.00338. The van der Waals surface area contributed by atoms with E-state index in [0.29, 0.717) is 17.9 Å². The highest BCUT2D eigenvalue weighted by Gasteiger charge is 2.47. The second-order valence-corrected chi connectivity index (χ2v) is 13.4. The molecule has 2 aromatic carbocycles. The zero-order valence-corrected chi connectivity index (χ0v) is 27.2. The van der Waals surface area contributed by atoms with E-state index in [9.17, 15) is 19.2 Å². The molecular weight excluding hydrogens is 608 g/mol. The van der Waals surface area contributed by atoms with Crippen molar-refractivity contribution in [3.63, 3.8) is 0 Å². The minimum atomic E-state index is -1.04. The van der Waals surface area contributed by atoms with Gasteiger partial charge in [0, 0.05) is 35.3 Å². The summed E-state index contributed by atoms with van der Waals surface area (Å²) in [6, 6.07) is 15.3. The van der Waals surface area contributed by atoms with Crippen molar-refractivity contribution in [3.05, 3.63) is 65.2 Å². The molecule has 2 saturated heterocycles. The van der Waals surface area contributed by atoms with Crippen molar-refractivity contribution in [3.8, 4) is 0 Å². The first-order valence-electron chi connectivity index (χ1n) is 16.4. The van der Waals surface area contributed by atoms with Gasteiger partial charge in [-0.05, 0) is 67.9 Å². The van der Waals surface area contributed by atoms with Crippen molar-refractivity contribution < 1.29 is 28.7 Å². The van der Waals surface area contributed by atoms with Gasteiger partial charge in [0.05, 0.1) is 7.11 Å². The highest BCUT2D eigenvalue weighted by Crippen LogP contribution is 2.37. The average Bonchev–Trinajstić information content (AvgIpc) is 3.37. The van der Waals surface area contributed by atoms with Crippen molar-refractivity contribution in [1.82, 2.24) is 16.0 Å². The number of anilines is 1. The number of halogens is 1. The Kier molecular flexibility index (Phi) is 11.4. The fraction of sp³-hybridized carbons (Fsp3) is 0.543. The lowest BCUT2D eigenvalue weighted by Gasteiger charge is -2.40. The van der Waals surface area contributed by atoms with Gasteiger partial charge in [-0.25, -0.2) is 9.59 Å². The zero-order valence-electron chi connectivity index (χ0n) is 26.5. The number of alkyl carbamates (subject to hydrolysis) is 1. The third kappa shape index (κ3) is 8.93. The van der Waals surface area contributed by atoms with Crippen LogP contribution in [-0.4, -0.2) is 61.7 Å². The minimum Gasteiger partial charge on any atom is -0.467 e. The molecule has 0 bridgehead atoms. The summed E-state index contributed by atoms with van der Waals surface area (Å²) < 4.78 is 10.5. The summed E-state index contributed by atoms with van der Waals surface area (Å²) in [5, 5.41) is 9.32. The summed E-state index contributed by atoms with van der Waals surface area (Å²) in [6.45, 7) is 1.63. The van der Waals surface area contributed by atoms with Crippen LogP contribution >= 0.6 is 11.6 Å². The summed E-state index contributed by atoms with van der Waals surface area (Å²) >= 11 is 6.05. The fourth-order valence-corrected chi connectivity index (χ4v) is 7.40. The standard InChI is InChI=1S/C35H45ClN4O6/c1-45-33(43)30(21-26-22-35(39-31(26)41)15-17-40(18-16-35)28-13-6-3-7-14-28)37-32(42)29(20-24-9-4-2-5-10-24)38-34(44)46-23-25-11-8-12-27(36)19-25/h3,6-8,11-14,19,24,26,29-30H,2,4-5,9-10,15-18,20-23H2,1H3,(H,37,42)(H,38,44)(H,39,41)/t26?,29-,30?/m0/s1. The molecule has 3 N–H and O–H groups in total. The van der Waals surface area contributed by atoms with Crippen molar-refractivity contribution >= 4 is 41.2 Å². The Morgan fingerprint density at radius 3 is 2.41 bits per heavy atom. The van der Waals surface area contributed by atoms with Crippen molar-refractivity contribution in [2.24, 2.45) is 11.8 Å². The predicted octanol–water partition coefficient (Wildman–Crippen LogP) is 5.13. The molecule has 10 nitrogen and oxygen atoms in total. The number of nitrogens with zero attached hydrogens (tertiary/aromatic N) is 1. The Labute approximate surface area is 275 Å². The van der Waals surface area contributed by atoms with Crippen LogP contribution in [0.5, 0.6) is 0 Å². The molecule has 2 aromatic rings. The molecule has 5 rings (SSSR count). The van der Waals surface area contributed by atoms with Crippen LogP contribution in [0.4, 0.5) is 10.5 Å². The molecule has 3 atom stereocenters. The Bertz CT molecular complexity index is 1360. The number of ether oxygens (including phenoxy) is 2. The molecule has 3 amide bonds. The Morgan fingerprint density at radius 2 is 1.72 bits per heavy atom. The molecule has 2 heterocycles. The van der Waals surface area contributed by atoms with E-state index in [1.807, 2.05) is 18.2 Å². The fourth-order valence-electron chi connectivity index (χ4n) is 7.19. The second kappa shape index (κ2) is 15.7. The molecule has 0 aromatic heterocycles. The van der Waals surface area contributed by atoms with Crippen LogP contribution in [0.1, 0.15) is 69.8 Å². The monoisotopic (exact) mass is 652 g/mol. The molecule has 3 aliphatic rings. The number of carbonyl (C=O) groups excluding carboxylic acids is 4. The molecule has 1 spiro atoms. The van der Waals surface area contributed by atoms with Gasteiger partial charge < -0.3 is 30.3 Å². The number of rotatable bonds is 11. The summed E-state index contributed by atoms with van der Waals surface area (Å²) in [6.07, 6.45) is 7.22. The summed E-state index contributed by atoms with van der Waals surface area (Å²) in [4.78, 5) is 55.0. The van der Waals surface area contributed by atoms with Crippen LogP contribution in [0.3, 0.4) is 0 Å². The van der Waals surface area contributed by atoms with E-state index in [0.717, 1.165) is 69.3 Å². The van der Waals surface area contributed by atoms with Gasteiger partial charge in [-0.1, -0.05) is 74.0 Å². The number of carbonyl (C=O) groups is 4. The zero-order chi connectivity index (χ0) is 32.5. The maximum atomic E-state index is 13.7. The van der Waals surface area contributed by atoms with E-state index in [-0.39, 0.29) is 30.4 Å². The smallest absolute Gasteiger partial charge is 0.408 e. The van der Waals surface area contributed by atoms with E-state index in [4.69, 9.17) is 21.1 Å². The Hall–Kier alpha value is -3.79. The van der Waals surface area contributed by atoms with E-state index >= 15 is 0 Å². The molecule has 1 aliphatic carbocycles. The third-order valence-corrected chi connectivity index (χ3v) is 9.96. The normalized spacial score (nSPS) is 20.8. The SMILES string of the molecule is COC(=O)C(CC1CC2(CCN(c3ccccc3)CC2)NC1=O)NC(=O)[C@H](CC1CCCCC1)NC(=O)OCc1cccc(Cl)c1. The van der Waals surface area contributed by atoms with Crippen LogP contribution in [0, 0.1) is 11.8 Å². The summed E-state index contributed by atoms with van der Waals surface area (Å²) in [5.41, 5.74) is 1.55. The number of esters is 1. The molecule has 46 heavy (non-hydrogen) atoms. The number of hydrogen-bond acceptors (Lipinski definition) is 7. The van der Waals surface area contributed by atoms with Crippen LogP contribution in [0.15, 0.2) is 54.6 Å². The first-order chi connectivity index (χ1) is 22.2. The lowest BCUT2D eigenvalue weighted by molar-refractivity contribution is -0.146. The maximum absolute atomic E-state index is 13.7. The van der Waals surface area contributed by atoms with Crippen LogP contribution < -0.4 is 20.9 Å². The molecular formula is C35H45ClN4O6. The van der Waals surface area contributed by atoms with E-state index in [2.05, 4.69) is 33.0 Å². The lowest BCUT2D eigenvalue weighted by Crippen LogP contribution is -2.53. The van der Waals surface area contributed by atoms with Gasteiger partial charge in [-0.2, -0.15) is 0 Å². The number of nitrogens with one attached hydrogen (secondary N) is 3. The van der Waals surface area contributed by atoms with E-state index in [1.54, 1.807) is 24.3 Å². The van der Waals surface area contributed by atoms with Crippen molar-refractivity contribution in [1.29, 1.82) is 0 Å². The van der Waals surface area contributed by atoms with Gasteiger partial charge in [-0.15, -0.1) is 0 Å². The number of methoxy groups -OCH3 is 1. The Balaban J connectivity index is 1.21. The predicted molar refractivity (Wildman–Crippen MR) is 175 cm³/mol. The highest BCUT2D eigenvalue weighted by molar-refractivity contribution is 6.30. The lowest BCUT2D eigenvalue weighted by atomic mass is 9.82. The molecule has 3 fully saturated rings. The quantitative estimate of drug-likeness (QED) is 0.288. The van der Waals surface area contributed by atoms with Gasteiger partial charge >= 0.3 is 12.1 Å². The molecule has 0 radical (unpaired) electrons. The maximum Gasteiger partial charge on any atom is 0.408 e. The van der Waals surface area contributed by atoms with Gasteiger partial charge in [0.25, 0.3) is 0 Å². The van der Waals surface area contributed by atoms with Gasteiger partial charge in [0.2, 0.25) is 11.8 Å². The number of para-hydroxylation sites is 1. The third-order valence-electron chi connectivity index (χ3n) is 9.72. The summed E-state index contributed by atoms with van der Waals surface area (Å²) in [5.74, 6) is -1.43. The van der Waals surface area contributed by atoms with E-state index < -0.39 is 36.0 Å². The van der Waals surface area contributed by atoms with Crippen LogP contribution in [0.25, 0.3) is 0 Å². The van der Waals surface area contributed by atoms with Crippen LogP contribution in [-0.2, 0) is 30.5 Å². The highest BCUT2D eigenvalue weighted by atomic mass is 35.5. The number of amides is 3. The van der Waals surface area contributed by atoms with E-state index in [1.165, 1.54) is 7.11 Å². The molecule has 248 valence electrons. The second-order valence-electron chi connectivity index (χ2n) is 13.0. The van der Waals surface area contributed by atoms with Crippen molar-refractivity contribution in [2.45, 2.75) is 88.4 Å². The van der Waals surface area contributed by atoms with Gasteiger partial charge in [0.1, 0.15) is 18.7 Å². The molecule has 11 heteroatoms. The largest absolute Gasteiger partial charge is 0.467 e. The first kappa shape index (κ1) is 33.6. The summed E-state index contributed by atoms with van der Waals surface area (Å²) in [7, 11) is 1.27. The van der Waals surface area contributed by atoms with Crippen LogP contribution in [0.2, 0.25) is 5.02 Å². The molecule has 2 unspecified atom stereocenters. The van der Waals surface area contributed by atoms with Crippen molar-refractivity contribution in [2.75, 3.05) is 25.1 Å². The first-order valence-corrected chi connectivity index (χ1v) is 16.8. The molecule has 1 saturated carbocycles. The van der Waals surface area contributed by atoms with Gasteiger partial charge in [-0.3, -0.25) is 9.59 Å². The molecule has 2 aliphatic heterocycles. The van der Waals surface area contributed by atoms with Gasteiger partial charge in [0.15, 0.2) is 0 Å². The number of hydrogen-bond donors (Lipinski definition) is 3. The average molecular weight is 653 g/mol. The topological polar surface area (TPSA) is 126 Å². The number of benzene rings is 2. The Morgan fingerprint density at radius 1 is 0.978 bits per heavy atom.